The van der Waals surface area contributed by atoms with Crippen molar-refractivity contribution < 1.29 is 24.2 Å². The molecule has 0 aliphatic heterocycles. The quantitative estimate of drug-likeness (QED) is 0.633. The van der Waals surface area contributed by atoms with Crippen molar-refractivity contribution in [2.75, 3.05) is 25.6 Å². The van der Waals surface area contributed by atoms with Crippen LogP contribution in [-0.2, 0) is 16.0 Å². The molecule has 2 rings (SSSR count). The van der Waals surface area contributed by atoms with E-state index in [2.05, 4.69) is 5.32 Å². The van der Waals surface area contributed by atoms with Crippen LogP contribution in [0.5, 0.6) is 5.75 Å². The average Bonchev–Trinajstić information content (AvgIpc) is 2.64. The van der Waals surface area contributed by atoms with Gasteiger partial charge >= 0.3 is 5.97 Å². The monoisotopic (exact) mass is 391 g/mol. The number of rotatable bonds is 9. The summed E-state index contributed by atoms with van der Waals surface area (Å²) < 4.78 is 10.5. The number of hydrogen-bond acceptors (Lipinski definition) is 4. The maximum atomic E-state index is 12.6. The Bertz CT molecular complexity index is 791. The van der Waals surface area contributed by atoms with Gasteiger partial charge in [0.2, 0.25) is 0 Å². The Morgan fingerprint density at radius 3 is 2.48 bits per heavy atom. The number of carboxylic acid groups (broad SMARTS) is 1. The van der Waals surface area contributed by atoms with Crippen molar-refractivity contribution in [2.24, 2.45) is 5.92 Å². The lowest BCUT2D eigenvalue weighted by Gasteiger charge is -2.12. The van der Waals surface area contributed by atoms with E-state index in [0.717, 1.165) is 5.56 Å². The van der Waals surface area contributed by atoms with Crippen molar-refractivity contribution in [3.05, 3.63) is 58.6 Å². The third kappa shape index (κ3) is 6.27. The molecule has 0 bridgehead atoms. The van der Waals surface area contributed by atoms with E-state index >= 15 is 0 Å². The maximum Gasteiger partial charge on any atom is 0.306 e. The van der Waals surface area contributed by atoms with Crippen molar-refractivity contribution in [2.45, 2.75) is 13.3 Å². The van der Waals surface area contributed by atoms with Crippen LogP contribution in [-0.4, -0.2) is 37.3 Å². The van der Waals surface area contributed by atoms with Gasteiger partial charge in [0.05, 0.1) is 18.1 Å². The van der Waals surface area contributed by atoms with Crippen LogP contribution in [0, 0.1) is 5.92 Å². The van der Waals surface area contributed by atoms with Gasteiger partial charge in [0.15, 0.2) is 0 Å². The first kappa shape index (κ1) is 20.7. The molecule has 0 aliphatic rings. The average molecular weight is 392 g/mol. The first-order valence-electron chi connectivity index (χ1n) is 8.45. The van der Waals surface area contributed by atoms with Gasteiger partial charge in [-0.25, -0.2) is 0 Å². The Morgan fingerprint density at radius 1 is 1.15 bits per heavy atom. The van der Waals surface area contributed by atoms with Crippen molar-refractivity contribution in [3.63, 3.8) is 0 Å². The van der Waals surface area contributed by atoms with E-state index < -0.39 is 11.9 Å². The number of hydrogen-bond donors (Lipinski definition) is 2. The highest BCUT2D eigenvalue weighted by Crippen LogP contribution is 2.24. The summed E-state index contributed by atoms with van der Waals surface area (Å²) in [5.41, 5.74) is 1.80. The number of carboxylic acids is 1. The van der Waals surface area contributed by atoms with E-state index in [4.69, 9.17) is 26.2 Å². The van der Waals surface area contributed by atoms with Crippen molar-refractivity contribution in [3.8, 4) is 5.75 Å². The summed E-state index contributed by atoms with van der Waals surface area (Å²) in [6.45, 7) is 2.37. The zero-order chi connectivity index (χ0) is 19.8. The predicted molar refractivity (Wildman–Crippen MR) is 104 cm³/mol. The zero-order valence-electron chi connectivity index (χ0n) is 15.2. The minimum absolute atomic E-state index is 0.314. The SMILES string of the molecule is COCCOc1ccc(Cl)cc1C(=O)Nc1ccc(CC(C)C(=O)O)cc1. The molecule has 0 radical (unpaired) electrons. The Labute approximate surface area is 163 Å². The number of nitrogens with one attached hydrogen (secondary N) is 1. The summed E-state index contributed by atoms with van der Waals surface area (Å²) in [6.07, 6.45) is 0.426. The molecular weight excluding hydrogens is 370 g/mol. The third-order valence-electron chi connectivity index (χ3n) is 3.91. The molecule has 0 aromatic heterocycles. The van der Waals surface area contributed by atoms with Crippen LogP contribution in [0.1, 0.15) is 22.8 Å². The second-order valence-electron chi connectivity index (χ2n) is 6.08. The molecule has 1 unspecified atom stereocenters. The molecule has 0 aliphatic carbocycles. The van der Waals surface area contributed by atoms with Gasteiger partial charge in [-0.3, -0.25) is 9.59 Å². The fourth-order valence-corrected chi connectivity index (χ4v) is 2.58. The number of ether oxygens (including phenoxy) is 2. The molecule has 6 nitrogen and oxygen atoms in total. The number of benzene rings is 2. The van der Waals surface area contributed by atoms with E-state index in [-0.39, 0.29) is 5.91 Å². The second kappa shape index (κ2) is 9.94. The summed E-state index contributed by atoms with van der Waals surface area (Å²) in [4.78, 5) is 23.6. The molecule has 1 amide bonds. The lowest BCUT2D eigenvalue weighted by molar-refractivity contribution is -0.141. The van der Waals surface area contributed by atoms with E-state index in [1.165, 1.54) is 0 Å². The molecule has 0 heterocycles. The summed E-state index contributed by atoms with van der Waals surface area (Å²) in [7, 11) is 1.57. The van der Waals surface area contributed by atoms with Crippen molar-refractivity contribution >= 4 is 29.2 Å². The minimum Gasteiger partial charge on any atom is -0.490 e. The van der Waals surface area contributed by atoms with Crippen LogP contribution in [0.4, 0.5) is 5.69 Å². The van der Waals surface area contributed by atoms with E-state index in [9.17, 15) is 9.59 Å². The number of halogens is 1. The first-order chi connectivity index (χ1) is 12.9. The van der Waals surface area contributed by atoms with Gasteiger partial charge in [-0.05, 0) is 42.3 Å². The smallest absolute Gasteiger partial charge is 0.306 e. The van der Waals surface area contributed by atoms with Crippen LogP contribution in [0.25, 0.3) is 0 Å². The predicted octanol–water partition coefficient (Wildman–Crippen LogP) is 3.88. The molecule has 144 valence electrons. The van der Waals surface area contributed by atoms with Gasteiger partial charge in [0, 0.05) is 17.8 Å². The normalized spacial score (nSPS) is 11.7. The van der Waals surface area contributed by atoms with Crippen LogP contribution >= 0.6 is 11.6 Å². The van der Waals surface area contributed by atoms with Gasteiger partial charge in [-0.2, -0.15) is 0 Å². The number of methoxy groups -OCH3 is 1. The molecule has 1 atom stereocenters. The third-order valence-corrected chi connectivity index (χ3v) is 4.14. The highest BCUT2D eigenvalue weighted by Gasteiger charge is 2.15. The minimum atomic E-state index is -0.839. The van der Waals surface area contributed by atoms with Crippen molar-refractivity contribution in [1.82, 2.24) is 0 Å². The van der Waals surface area contributed by atoms with Crippen LogP contribution in [0.2, 0.25) is 5.02 Å². The topological polar surface area (TPSA) is 84.9 Å². The van der Waals surface area contributed by atoms with Crippen molar-refractivity contribution in [1.29, 1.82) is 0 Å². The molecule has 2 N–H and O–H groups in total. The Morgan fingerprint density at radius 2 is 1.85 bits per heavy atom. The molecule has 27 heavy (non-hydrogen) atoms. The van der Waals surface area contributed by atoms with Crippen LogP contribution in [0.3, 0.4) is 0 Å². The van der Waals surface area contributed by atoms with Gasteiger partial charge in [0.25, 0.3) is 5.91 Å². The number of aliphatic carboxylic acids is 1. The van der Waals surface area contributed by atoms with Gasteiger partial charge in [-0.15, -0.1) is 0 Å². The fraction of sp³-hybridized carbons (Fsp3) is 0.300. The molecule has 2 aromatic rings. The van der Waals surface area contributed by atoms with Crippen LogP contribution < -0.4 is 10.1 Å². The molecule has 2 aromatic carbocycles. The van der Waals surface area contributed by atoms with Gasteiger partial charge in [0.1, 0.15) is 12.4 Å². The molecule has 0 fully saturated rings. The molecular formula is C20H22ClNO5. The molecule has 0 saturated carbocycles. The fourth-order valence-electron chi connectivity index (χ4n) is 2.40. The highest BCUT2D eigenvalue weighted by atomic mass is 35.5. The lowest BCUT2D eigenvalue weighted by atomic mass is 10.0. The summed E-state index contributed by atoms with van der Waals surface area (Å²) in [6, 6.07) is 11.9. The van der Waals surface area contributed by atoms with Gasteiger partial charge < -0.3 is 19.9 Å². The maximum absolute atomic E-state index is 12.6. The molecule has 7 heteroatoms. The van der Waals surface area contributed by atoms with E-state index in [1.807, 2.05) is 0 Å². The largest absolute Gasteiger partial charge is 0.490 e. The number of carbonyl (C=O) groups is 2. The lowest BCUT2D eigenvalue weighted by Crippen LogP contribution is -2.15. The molecule has 0 saturated heterocycles. The number of amides is 1. The standard InChI is InChI=1S/C20H22ClNO5/c1-13(20(24)25)11-14-3-6-16(7-4-14)22-19(23)17-12-15(21)5-8-18(17)27-10-9-26-2/h3-8,12-13H,9-11H2,1-2H3,(H,22,23)(H,24,25). The number of carbonyl (C=O) groups excluding carboxylic acids is 1. The Hall–Kier alpha value is -2.57. The summed E-state index contributed by atoms with van der Waals surface area (Å²) in [5.74, 6) is -1.24. The van der Waals surface area contributed by atoms with E-state index in [1.54, 1.807) is 56.5 Å². The van der Waals surface area contributed by atoms with Crippen LogP contribution in [0.15, 0.2) is 42.5 Å². The molecule has 0 spiro atoms. The zero-order valence-corrected chi connectivity index (χ0v) is 16.0. The highest BCUT2D eigenvalue weighted by molar-refractivity contribution is 6.31. The first-order valence-corrected chi connectivity index (χ1v) is 8.83. The Balaban J connectivity index is 2.08. The second-order valence-corrected chi connectivity index (χ2v) is 6.51. The summed E-state index contributed by atoms with van der Waals surface area (Å²) in [5, 5.41) is 12.2. The van der Waals surface area contributed by atoms with E-state index in [0.29, 0.717) is 41.7 Å². The van der Waals surface area contributed by atoms with Gasteiger partial charge in [-0.1, -0.05) is 30.7 Å². The summed E-state index contributed by atoms with van der Waals surface area (Å²) >= 11 is 6.01. The Kier molecular flexibility index (Phi) is 7.64. The number of anilines is 1.